The van der Waals surface area contributed by atoms with Crippen molar-refractivity contribution < 1.29 is 9.90 Å². The molecule has 5 heteroatoms. The van der Waals surface area contributed by atoms with Crippen LogP contribution in [0, 0.1) is 0 Å². The lowest BCUT2D eigenvalue weighted by molar-refractivity contribution is -0.127. The standard InChI is InChI=1S/C12H16N2O2S/c13-9-5-6-14(7-9)12(16)8-17-11-3-1-10(15)2-4-11/h1-4,9,15H,5-8,13H2/t9-/m1/s1. The van der Waals surface area contributed by atoms with Crippen molar-refractivity contribution in [1.29, 1.82) is 0 Å². The molecule has 0 saturated carbocycles. The molecule has 1 saturated heterocycles. The SMILES string of the molecule is N[C@@H]1CCN(C(=O)CSc2ccc(O)cc2)C1. The Balaban J connectivity index is 1.82. The monoisotopic (exact) mass is 252 g/mol. The van der Waals surface area contributed by atoms with E-state index in [9.17, 15) is 4.79 Å². The summed E-state index contributed by atoms with van der Waals surface area (Å²) in [5.41, 5.74) is 5.76. The Morgan fingerprint density at radius 2 is 2.18 bits per heavy atom. The van der Waals surface area contributed by atoms with Crippen LogP contribution in [0.25, 0.3) is 0 Å². The van der Waals surface area contributed by atoms with Crippen LogP contribution in [0.1, 0.15) is 6.42 Å². The van der Waals surface area contributed by atoms with Crippen molar-refractivity contribution in [2.24, 2.45) is 5.73 Å². The van der Waals surface area contributed by atoms with E-state index in [1.165, 1.54) is 11.8 Å². The molecule has 0 radical (unpaired) electrons. The summed E-state index contributed by atoms with van der Waals surface area (Å²) in [5, 5.41) is 9.14. The van der Waals surface area contributed by atoms with Gasteiger partial charge >= 0.3 is 0 Å². The number of nitrogens with two attached hydrogens (primary N) is 1. The number of nitrogens with zero attached hydrogens (tertiary/aromatic N) is 1. The Morgan fingerprint density at radius 1 is 1.47 bits per heavy atom. The molecule has 1 amide bonds. The Bertz CT molecular complexity index is 394. The van der Waals surface area contributed by atoms with Gasteiger partial charge in [-0.1, -0.05) is 0 Å². The molecule has 0 aliphatic carbocycles. The zero-order valence-corrected chi connectivity index (χ0v) is 10.3. The number of hydrogen-bond donors (Lipinski definition) is 2. The van der Waals surface area contributed by atoms with Crippen molar-refractivity contribution in [3.05, 3.63) is 24.3 Å². The summed E-state index contributed by atoms with van der Waals surface area (Å²) < 4.78 is 0. The Hall–Kier alpha value is -1.20. The van der Waals surface area contributed by atoms with Gasteiger partial charge < -0.3 is 15.7 Å². The summed E-state index contributed by atoms with van der Waals surface area (Å²) in [6, 6.07) is 7.00. The van der Waals surface area contributed by atoms with Gasteiger partial charge in [-0.15, -0.1) is 11.8 Å². The molecule has 1 aromatic carbocycles. The Kier molecular flexibility index (Phi) is 3.91. The number of phenols is 1. The van der Waals surface area contributed by atoms with Crippen molar-refractivity contribution in [2.45, 2.75) is 17.4 Å². The highest BCUT2D eigenvalue weighted by Crippen LogP contribution is 2.21. The number of aromatic hydroxyl groups is 1. The molecule has 2 rings (SSSR count). The summed E-state index contributed by atoms with van der Waals surface area (Å²) in [4.78, 5) is 14.6. The van der Waals surface area contributed by atoms with Gasteiger partial charge in [-0.25, -0.2) is 0 Å². The van der Waals surface area contributed by atoms with Crippen LogP contribution in [0.5, 0.6) is 5.75 Å². The van der Waals surface area contributed by atoms with Crippen LogP contribution in [-0.4, -0.2) is 40.8 Å². The highest BCUT2D eigenvalue weighted by molar-refractivity contribution is 8.00. The Morgan fingerprint density at radius 3 is 2.76 bits per heavy atom. The van der Waals surface area contributed by atoms with E-state index in [0.717, 1.165) is 17.9 Å². The molecule has 3 N–H and O–H groups in total. The van der Waals surface area contributed by atoms with E-state index >= 15 is 0 Å². The number of benzene rings is 1. The highest BCUT2D eigenvalue weighted by atomic mass is 32.2. The van der Waals surface area contributed by atoms with Gasteiger partial charge in [0.15, 0.2) is 0 Å². The predicted molar refractivity (Wildman–Crippen MR) is 68.0 cm³/mol. The first-order chi connectivity index (χ1) is 8.15. The highest BCUT2D eigenvalue weighted by Gasteiger charge is 2.23. The fourth-order valence-corrected chi connectivity index (χ4v) is 2.59. The molecule has 4 nitrogen and oxygen atoms in total. The quantitative estimate of drug-likeness (QED) is 0.789. The average Bonchev–Trinajstić information content (AvgIpc) is 2.75. The van der Waals surface area contributed by atoms with Gasteiger partial charge in [0.2, 0.25) is 5.91 Å². The van der Waals surface area contributed by atoms with Gasteiger partial charge in [-0.05, 0) is 30.7 Å². The van der Waals surface area contributed by atoms with Gasteiger partial charge in [0.25, 0.3) is 0 Å². The van der Waals surface area contributed by atoms with E-state index in [-0.39, 0.29) is 17.7 Å². The van der Waals surface area contributed by atoms with E-state index in [1.807, 2.05) is 17.0 Å². The molecule has 0 unspecified atom stereocenters. The molecule has 0 bridgehead atoms. The first kappa shape index (κ1) is 12.3. The second kappa shape index (κ2) is 5.42. The van der Waals surface area contributed by atoms with Gasteiger partial charge in [0, 0.05) is 24.0 Å². The van der Waals surface area contributed by atoms with E-state index in [2.05, 4.69) is 0 Å². The molecule has 1 atom stereocenters. The largest absolute Gasteiger partial charge is 0.508 e. The molecular weight excluding hydrogens is 236 g/mol. The molecule has 92 valence electrons. The second-order valence-electron chi connectivity index (χ2n) is 4.17. The van der Waals surface area contributed by atoms with Crippen LogP contribution in [-0.2, 0) is 4.79 Å². The van der Waals surface area contributed by atoms with Crippen LogP contribution in [0.4, 0.5) is 0 Å². The van der Waals surface area contributed by atoms with Crippen LogP contribution >= 0.6 is 11.8 Å². The number of thioether (sulfide) groups is 1. The van der Waals surface area contributed by atoms with Crippen molar-refractivity contribution in [3.8, 4) is 5.75 Å². The lowest BCUT2D eigenvalue weighted by Gasteiger charge is -2.15. The molecule has 1 heterocycles. The van der Waals surface area contributed by atoms with E-state index in [1.54, 1.807) is 12.1 Å². The third-order valence-electron chi connectivity index (χ3n) is 2.78. The van der Waals surface area contributed by atoms with Crippen LogP contribution in [0.3, 0.4) is 0 Å². The smallest absolute Gasteiger partial charge is 0.232 e. The van der Waals surface area contributed by atoms with Crippen LogP contribution in [0.2, 0.25) is 0 Å². The third kappa shape index (κ3) is 3.38. The van der Waals surface area contributed by atoms with Gasteiger partial charge in [0.05, 0.1) is 5.75 Å². The van der Waals surface area contributed by atoms with E-state index in [0.29, 0.717) is 12.3 Å². The molecule has 1 fully saturated rings. The van der Waals surface area contributed by atoms with Crippen molar-refractivity contribution in [3.63, 3.8) is 0 Å². The summed E-state index contributed by atoms with van der Waals surface area (Å²) in [7, 11) is 0. The lowest BCUT2D eigenvalue weighted by Crippen LogP contribution is -2.33. The van der Waals surface area contributed by atoms with E-state index in [4.69, 9.17) is 10.8 Å². The average molecular weight is 252 g/mol. The molecule has 0 spiro atoms. The second-order valence-corrected chi connectivity index (χ2v) is 5.22. The maximum Gasteiger partial charge on any atom is 0.232 e. The number of hydrogen-bond acceptors (Lipinski definition) is 4. The maximum absolute atomic E-state index is 11.8. The van der Waals surface area contributed by atoms with E-state index < -0.39 is 0 Å². The minimum atomic E-state index is 0.135. The molecule has 1 aliphatic heterocycles. The molecule has 1 aliphatic rings. The number of likely N-dealkylation sites (tertiary alicyclic amines) is 1. The normalized spacial score (nSPS) is 19.6. The number of rotatable bonds is 3. The minimum Gasteiger partial charge on any atom is -0.508 e. The minimum absolute atomic E-state index is 0.135. The van der Waals surface area contributed by atoms with Gasteiger partial charge in [-0.2, -0.15) is 0 Å². The third-order valence-corrected chi connectivity index (χ3v) is 3.77. The maximum atomic E-state index is 11.8. The van der Waals surface area contributed by atoms with Crippen molar-refractivity contribution in [1.82, 2.24) is 4.90 Å². The summed E-state index contributed by atoms with van der Waals surface area (Å²) >= 11 is 1.48. The first-order valence-corrected chi connectivity index (χ1v) is 6.59. The first-order valence-electron chi connectivity index (χ1n) is 5.60. The predicted octanol–water partition coefficient (Wildman–Crippen LogP) is 1.04. The Labute approximate surface area is 105 Å². The number of amides is 1. The van der Waals surface area contributed by atoms with Gasteiger partial charge in [0.1, 0.15) is 5.75 Å². The fraction of sp³-hybridized carbons (Fsp3) is 0.417. The van der Waals surface area contributed by atoms with Crippen LogP contribution < -0.4 is 5.73 Å². The zero-order chi connectivity index (χ0) is 12.3. The topological polar surface area (TPSA) is 66.6 Å². The molecule has 0 aromatic heterocycles. The van der Waals surface area contributed by atoms with Crippen molar-refractivity contribution in [2.75, 3.05) is 18.8 Å². The molecule has 1 aromatic rings. The summed E-state index contributed by atoms with van der Waals surface area (Å²) in [6.45, 7) is 1.45. The van der Waals surface area contributed by atoms with Crippen molar-refractivity contribution >= 4 is 17.7 Å². The summed E-state index contributed by atoms with van der Waals surface area (Å²) in [6.07, 6.45) is 0.898. The number of carbonyl (C=O) groups excluding carboxylic acids is 1. The van der Waals surface area contributed by atoms with Gasteiger partial charge in [-0.3, -0.25) is 4.79 Å². The number of phenolic OH excluding ortho intramolecular Hbond substituents is 1. The molecular formula is C12H16N2O2S. The van der Waals surface area contributed by atoms with Crippen LogP contribution in [0.15, 0.2) is 29.2 Å². The summed E-state index contributed by atoms with van der Waals surface area (Å²) in [5.74, 6) is 0.805. The lowest BCUT2D eigenvalue weighted by atomic mass is 10.3. The number of carbonyl (C=O) groups is 1. The fourth-order valence-electron chi connectivity index (χ4n) is 1.79. The zero-order valence-electron chi connectivity index (χ0n) is 9.50. The molecule has 17 heavy (non-hydrogen) atoms.